The predicted octanol–water partition coefficient (Wildman–Crippen LogP) is 4.77. The molecule has 37 heavy (non-hydrogen) atoms. The van der Waals surface area contributed by atoms with Gasteiger partial charge in [0, 0.05) is 12.0 Å². The molecule has 3 aliphatic rings. The van der Waals surface area contributed by atoms with Gasteiger partial charge in [0.05, 0.1) is 18.0 Å². The molecule has 0 saturated heterocycles. The van der Waals surface area contributed by atoms with Crippen molar-refractivity contribution in [1.82, 2.24) is 31.6 Å². The van der Waals surface area contributed by atoms with Crippen LogP contribution in [0.2, 0.25) is 0 Å². The van der Waals surface area contributed by atoms with Gasteiger partial charge in [0.1, 0.15) is 11.4 Å². The quantitative estimate of drug-likeness (QED) is 0.307. The van der Waals surface area contributed by atoms with E-state index in [9.17, 15) is 26.7 Å². The summed E-state index contributed by atoms with van der Waals surface area (Å²) in [5, 5.41) is 15.8. The summed E-state index contributed by atoms with van der Waals surface area (Å²) in [7, 11) is 0. The zero-order valence-electron chi connectivity index (χ0n) is 19.4. The van der Waals surface area contributed by atoms with Crippen LogP contribution in [0.3, 0.4) is 0 Å². The Balaban J connectivity index is 0.00000320. The van der Waals surface area contributed by atoms with E-state index in [1.165, 1.54) is 0 Å². The molecule has 0 unspecified atom stereocenters. The Morgan fingerprint density at radius 3 is 2.32 bits per heavy atom. The third-order valence-corrected chi connectivity index (χ3v) is 7.42. The van der Waals surface area contributed by atoms with Gasteiger partial charge in [-0.05, 0) is 50.0 Å². The van der Waals surface area contributed by atoms with Crippen molar-refractivity contribution in [2.75, 3.05) is 6.54 Å². The molecule has 9 nitrogen and oxygen atoms in total. The van der Waals surface area contributed by atoms with Gasteiger partial charge >= 0.3 is 0 Å². The molecule has 2 aromatic heterocycles. The number of hydrogen-bond donors (Lipinski definition) is 3. The first-order chi connectivity index (χ1) is 17.1. The third kappa shape index (κ3) is 4.61. The minimum absolute atomic E-state index is 0. The number of carbonyl (C=O) groups excluding carboxylic acids is 1. The Morgan fingerprint density at radius 2 is 1.73 bits per heavy atom. The molecule has 0 spiro atoms. The number of phenolic OH excluding ortho intramolecular Hbond substituents is 1. The summed E-state index contributed by atoms with van der Waals surface area (Å²) in [4.78, 5) is 24.4. The monoisotopic (exact) mass is 526 g/mol. The van der Waals surface area contributed by atoms with Crippen LogP contribution in [0.5, 0.6) is 5.75 Å². The molecule has 0 atom stereocenters. The summed E-state index contributed by atoms with van der Waals surface area (Å²) in [5.74, 6) is -6.72. The van der Waals surface area contributed by atoms with Gasteiger partial charge in [0.15, 0.2) is 23.2 Å². The number of alkyl halides is 2. The lowest BCUT2D eigenvalue weighted by molar-refractivity contribution is 0.0334. The lowest BCUT2D eigenvalue weighted by Crippen LogP contribution is -2.49. The molecule has 3 aliphatic carbocycles. The molecule has 2 bridgehead atoms. The number of halogens is 5. The standard InChI is InChI=1S/C23H20F5N5O3.H3N/c24-12-7-11(15(25)16(26)17(12)34)19(35)31-10-22-1-4-23(5-2-22,6-3-22)21-32-20(36-33-21)14-9-29-13(8-30-14)18(27)28;/h7-9,18,34H,1-6,10H2,(H,31,35);1H3. The van der Waals surface area contributed by atoms with Crippen LogP contribution >= 0.6 is 0 Å². The molecule has 6 rings (SSSR count). The van der Waals surface area contributed by atoms with Gasteiger partial charge in [0.2, 0.25) is 5.82 Å². The fraction of sp³-hybridized carbons (Fsp3) is 0.435. The van der Waals surface area contributed by atoms with E-state index in [0.717, 1.165) is 12.4 Å². The van der Waals surface area contributed by atoms with Crippen LogP contribution in [-0.4, -0.2) is 37.7 Å². The molecule has 198 valence electrons. The topological polar surface area (TPSA) is 149 Å². The molecule has 0 radical (unpaired) electrons. The van der Waals surface area contributed by atoms with Crippen molar-refractivity contribution in [3.8, 4) is 17.3 Å². The van der Waals surface area contributed by atoms with Crippen LogP contribution < -0.4 is 11.5 Å². The highest BCUT2D eigenvalue weighted by atomic mass is 19.3. The third-order valence-electron chi connectivity index (χ3n) is 7.42. The second-order valence-electron chi connectivity index (χ2n) is 9.40. The van der Waals surface area contributed by atoms with Gasteiger partial charge in [-0.2, -0.15) is 9.37 Å². The van der Waals surface area contributed by atoms with Crippen molar-refractivity contribution < 1.29 is 36.4 Å². The van der Waals surface area contributed by atoms with Crippen molar-refractivity contribution in [3.05, 3.63) is 53.0 Å². The lowest BCUT2D eigenvalue weighted by atomic mass is 9.53. The van der Waals surface area contributed by atoms with Crippen molar-refractivity contribution in [1.29, 1.82) is 0 Å². The molecular formula is C23H23F5N6O3. The Labute approximate surface area is 207 Å². The number of phenols is 1. The van der Waals surface area contributed by atoms with E-state index in [1.54, 1.807) is 0 Å². The smallest absolute Gasteiger partial charge is 0.281 e. The lowest BCUT2D eigenvalue weighted by Gasteiger charge is -2.52. The first kappa shape index (κ1) is 26.4. The number of fused-ring (bicyclic) bond motifs is 3. The van der Waals surface area contributed by atoms with E-state index >= 15 is 0 Å². The van der Waals surface area contributed by atoms with Gasteiger partial charge in [-0.1, -0.05) is 5.16 Å². The molecule has 0 aliphatic heterocycles. The maximum Gasteiger partial charge on any atom is 0.281 e. The van der Waals surface area contributed by atoms with Crippen molar-refractivity contribution in [2.24, 2.45) is 5.41 Å². The molecule has 1 amide bonds. The van der Waals surface area contributed by atoms with E-state index in [-0.39, 0.29) is 35.1 Å². The first-order valence-electron chi connectivity index (χ1n) is 11.2. The van der Waals surface area contributed by atoms with Gasteiger partial charge in [-0.15, -0.1) is 0 Å². The number of aromatic hydroxyl groups is 1. The minimum Gasteiger partial charge on any atom is -0.503 e. The zero-order chi connectivity index (χ0) is 25.7. The van der Waals surface area contributed by atoms with Crippen LogP contribution in [0.15, 0.2) is 23.0 Å². The number of nitrogens with one attached hydrogen (secondary N) is 1. The number of benzene rings is 1. The highest BCUT2D eigenvalue weighted by Crippen LogP contribution is 2.57. The van der Waals surface area contributed by atoms with E-state index in [0.29, 0.717) is 50.4 Å². The Morgan fingerprint density at radius 1 is 1.05 bits per heavy atom. The van der Waals surface area contributed by atoms with Crippen LogP contribution in [-0.2, 0) is 5.41 Å². The van der Waals surface area contributed by atoms with Gasteiger partial charge in [0.25, 0.3) is 18.2 Å². The number of rotatable bonds is 6. The molecular weight excluding hydrogens is 503 g/mol. The van der Waals surface area contributed by atoms with Crippen LogP contribution in [0.25, 0.3) is 11.6 Å². The number of nitrogens with zero attached hydrogens (tertiary/aromatic N) is 4. The van der Waals surface area contributed by atoms with E-state index in [4.69, 9.17) is 9.63 Å². The van der Waals surface area contributed by atoms with Crippen LogP contribution in [0.1, 0.15) is 66.8 Å². The SMILES string of the molecule is N.O=C(NCC12CCC(c3noc(-c4cnc(C(F)F)cn4)n3)(CC1)CC2)c1cc(F)c(O)c(F)c1F. The van der Waals surface area contributed by atoms with Gasteiger partial charge < -0.3 is 21.1 Å². The van der Waals surface area contributed by atoms with Crippen molar-refractivity contribution in [2.45, 2.75) is 50.4 Å². The normalized spacial score (nSPS) is 22.6. The summed E-state index contributed by atoms with van der Waals surface area (Å²) in [6.45, 7) is 0.190. The average molecular weight is 526 g/mol. The maximum atomic E-state index is 14.0. The van der Waals surface area contributed by atoms with Gasteiger partial charge in [-0.25, -0.2) is 22.5 Å². The fourth-order valence-corrected chi connectivity index (χ4v) is 5.08. The first-order valence-corrected chi connectivity index (χ1v) is 11.2. The minimum atomic E-state index is -2.74. The Hall–Kier alpha value is -3.68. The van der Waals surface area contributed by atoms with Crippen LogP contribution in [0, 0.1) is 22.9 Å². The molecule has 3 aromatic rings. The number of carbonyl (C=O) groups is 1. The maximum absolute atomic E-state index is 14.0. The summed E-state index contributed by atoms with van der Waals surface area (Å²) in [6.07, 6.45) is 3.53. The van der Waals surface area contributed by atoms with E-state index < -0.39 is 46.8 Å². The fourth-order valence-electron chi connectivity index (χ4n) is 5.08. The Kier molecular flexibility index (Phi) is 6.88. The van der Waals surface area contributed by atoms with Crippen molar-refractivity contribution in [3.63, 3.8) is 0 Å². The number of aromatic nitrogens is 4. The molecule has 2 heterocycles. The van der Waals surface area contributed by atoms with Gasteiger partial charge in [-0.3, -0.25) is 9.78 Å². The van der Waals surface area contributed by atoms with Crippen molar-refractivity contribution >= 4 is 5.91 Å². The summed E-state index contributed by atoms with van der Waals surface area (Å²) in [5.41, 5.74) is -1.70. The number of hydrogen-bond acceptors (Lipinski definition) is 8. The Bertz CT molecular complexity index is 1290. The zero-order valence-corrected chi connectivity index (χ0v) is 19.4. The molecule has 5 N–H and O–H groups in total. The highest BCUT2D eigenvalue weighted by molar-refractivity contribution is 5.94. The summed E-state index contributed by atoms with van der Waals surface area (Å²) in [6, 6.07) is 0.465. The number of amides is 1. The second kappa shape index (κ2) is 9.65. The molecule has 14 heteroatoms. The highest BCUT2D eigenvalue weighted by Gasteiger charge is 2.51. The van der Waals surface area contributed by atoms with E-state index in [2.05, 4.69) is 25.4 Å². The van der Waals surface area contributed by atoms with E-state index in [1.807, 2.05) is 0 Å². The average Bonchev–Trinajstić information content (AvgIpc) is 3.41. The van der Waals surface area contributed by atoms with Crippen LogP contribution in [0.4, 0.5) is 22.0 Å². The predicted molar refractivity (Wildman–Crippen MR) is 117 cm³/mol. The molecule has 1 aromatic carbocycles. The largest absolute Gasteiger partial charge is 0.503 e. The second-order valence-corrected chi connectivity index (χ2v) is 9.40. The molecule has 3 fully saturated rings. The summed E-state index contributed by atoms with van der Waals surface area (Å²) >= 11 is 0. The molecule has 3 saturated carbocycles. The summed E-state index contributed by atoms with van der Waals surface area (Å²) < 4.78 is 72.0.